The zero-order valence-electron chi connectivity index (χ0n) is 7.62. The van der Waals surface area contributed by atoms with Gasteiger partial charge in [-0.05, 0) is 6.92 Å². The third kappa shape index (κ3) is 16.4. The van der Waals surface area contributed by atoms with Crippen molar-refractivity contribution in [3.63, 3.8) is 0 Å². The van der Waals surface area contributed by atoms with Crippen LogP contribution in [0.25, 0.3) is 0 Å². The number of rotatable bonds is 6. The van der Waals surface area contributed by atoms with Gasteiger partial charge in [0, 0.05) is 6.61 Å². The standard InChI is InChI=1S/C6H14O3.C2H4O/c1-2-8-5-6-9-4-3-7;1-2-3-1/h7H,2-6H2,1H3;1-2H2. The molecule has 1 aliphatic rings. The lowest BCUT2D eigenvalue weighted by atomic mass is 10.7. The van der Waals surface area contributed by atoms with E-state index in [0.29, 0.717) is 19.8 Å². The average molecular weight is 178 g/mol. The second-order valence-electron chi connectivity index (χ2n) is 2.15. The molecule has 1 rings (SSSR count). The molecule has 1 heterocycles. The minimum atomic E-state index is 0.0894. The number of aliphatic hydroxyl groups excluding tert-OH is 1. The second-order valence-corrected chi connectivity index (χ2v) is 2.15. The zero-order chi connectivity index (χ0) is 9.07. The molecule has 0 saturated carbocycles. The van der Waals surface area contributed by atoms with Crippen LogP contribution in [0.15, 0.2) is 0 Å². The maximum absolute atomic E-state index is 8.26. The van der Waals surface area contributed by atoms with Crippen LogP contribution < -0.4 is 0 Å². The Hall–Kier alpha value is -0.160. The van der Waals surface area contributed by atoms with Crippen molar-refractivity contribution in [2.45, 2.75) is 6.92 Å². The first-order valence-electron chi connectivity index (χ1n) is 4.26. The Balaban J connectivity index is 0.000000330. The summed E-state index contributed by atoms with van der Waals surface area (Å²) in [5.41, 5.74) is 0. The molecule has 1 aliphatic heterocycles. The molecule has 0 aliphatic carbocycles. The zero-order valence-corrected chi connectivity index (χ0v) is 7.62. The minimum Gasteiger partial charge on any atom is -0.394 e. The summed E-state index contributed by atoms with van der Waals surface area (Å²) in [7, 11) is 0. The molecule has 74 valence electrons. The Morgan fingerprint density at radius 2 is 1.75 bits per heavy atom. The minimum absolute atomic E-state index is 0.0894. The Labute approximate surface area is 73.4 Å². The average Bonchev–Trinajstić information content (AvgIpc) is 2.90. The van der Waals surface area contributed by atoms with E-state index in [4.69, 9.17) is 14.6 Å². The van der Waals surface area contributed by atoms with E-state index in [2.05, 4.69) is 4.74 Å². The third-order valence-corrected chi connectivity index (χ3v) is 1.02. The summed E-state index contributed by atoms with van der Waals surface area (Å²) >= 11 is 0. The number of hydrogen-bond donors (Lipinski definition) is 1. The van der Waals surface area contributed by atoms with Crippen LogP contribution in [0.4, 0.5) is 0 Å². The van der Waals surface area contributed by atoms with Crippen molar-refractivity contribution in [1.82, 2.24) is 0 Å². The fourth-order valence-corrected chi connectivity index (χ4v) is 0.429. The van der Waals surface area contributed by atoms with Crippen LogP contribution in [0, 0.1) is 0 Å². The number of epoxide rings is 1. The van der Waals surface area contributed by atoms with Crippen LogP contribution in [-0.4, -0.2) is 51.4 Å². The molecule has 1 saturated heterocycles. The number of aliphatic hydroxyl groups is 1. The van der Waals surface area contributed by atoms with Crippen LogP contribution in [0.5, 0.6) is 0 Å². The molecule has 0 atom stereocenters. The van der Waals surface area contributed by atoms with Gasteiger partial charge in [-0.3, -0.25) is 0 Å². The van der Waals surface area contributed by atoms with Gasteiger partial charge in [-0.25, -0.2) is 0 Å². The molecular weight excluding hydrogens is 160 g/mol. The van der Waals surface area contributed by atoms with Gasteiger partial charge in [-0.2, -0.15) is 0 Å². The first kappa shape index (κ1) is 11.8. The Morgan fingerprint density at radius 1 is 1.17 bits per heavy atom. The highest BCUT2D eigenvalue weighted by atomic mass is 16.6. The highest BCUT2D eigenvalue weighted by Crippen LogP contribution is 1.84. The van der Waals surface area contributed by atoms with Crippen LogP contribution in [0.3, 0.4) is 0 Å². The maximum atomic E-state index is 8.26. The maximum Gasteiger partial charge on any atom is 0.0701 e. The lowest BCUT2D eigenvalue weighted by Crippen LogP contribution is -2.06. The van der Waals surface area contributed by atoms with Gasteiger partial charge in [-0.1, -0.05) is 0 Å². The van der Waals surface area contributed by atoms with Crippen molar-refractivity contribution in [3.05, 3.63) is 0 Å². The fourth-order valence-electron chi connectivity index (χ4n) is 0.429. The predicted octanol–water partition coefficient (Wildman–Crippen LogP) is 0.0484. The van der Waals surface area contributed by atoms with Crippen LogP contribution in [0.2, 0.25) is 0 Å². The van der Waals surface area contributed by atoms with E-state index in [1.807, 2.05) is 6.92 Å². The number of ether oxygens (including phenoxy) is 3. The summed E-state index contributed by atoms with van der Waals surface area (Å²) in [6, 6.07) is 0. The molecule has 0 spiro atoms. The molecule has 0 aromatic rings. The summed E-state index contributed by atoms with van der Waals surface area (Å²) in [5, 5.41) is 8.26. The molecule has 0 bridgehead atoms. The molecule has 0 aromatic carbocycles. The Morgan fingerprint density at radius 3 is 2.17 bits per heavy atom. The monoisotopic (exact) mass is 178 g/mol. The first-order valence-corrected chi connectivity index (χ1v) is 4.26. The SMILES string of the molecule is C1CO1.CCOCCOCCO. The van der Waals surface area contributed by atoms with E-state index in [0.717, 1.165) is 19.8 Å². The van der Waals surface area contributed by atoms with Gasteiger partial charge in [0.2, 0.25) is 0 Å². The normalized spacial score (nSPS) is 13.5. The van der Waals surface area contributed by atoms with Gasteiger partial charge >= 0.3 is 0 Å². The summed E-state index contributed by atoms with van der Waals surface area (Å²) in [5.74, 6) is 0. The lowest BCUT2D eigenvalue weighted by Gasteiger charge is -2.00. The van der Waals surface area contributed by atoms with Crippen LogP contribution in [-0.2, 0) is 14.2 Å². The van der Waals surface area contributed by atoms with E-state index < -0.39 is 0 Å². The van der Waals surface area contributed by atoms with E-state index in [9.17, 15) is 0 Å². The van der Waals surface area contributed by atoms with Crippen molar-refractivity contribution in [3.8, 4) is 0 Å². The van der Waals surface area contributed by atoms with Crippen molar-refractivity contribution < 1.29 is 19.3 Å². The largest absolute Gasteiger partial charge is 0.394 e. The molecule has 0 amide bonds. The van der Waals surface area contributed by atoms with E-state index in [-0.39, 0.29) is 6.61 Å². The number of hydrogen-bond acceptors (Lipinski definition) is 4. The summed E-state index contributed by atoms with van der Waals surface area (Å²) in [4.78, 5) is 0. The quantitative estimate of drug-likeness (QED) is 0.461. The highest BCUT2D eigenvalue weighted by Gasteiger charge is 1.94. The molecule has 4 heteroatoms. The van der Waals surface area contributed by atoms with Gasteiger partial charge in [0.1, 0.15) is 0 Å². The topological polar surface area (TPSA) is 51.2 Å². The van der Waals surface area contributed by atoms with Gasteiger partial charge in [0.05, 0.1) is 39.6 Å². The van der Waals surface area contributed by atoms with Gasteiger partial charge in [0.15, 0.2) is 0 Å². The van der Waals surface area contributed by atoms with Crippen molar-refractivity contribution in [2.75, 3.05) is 46.2 Å². The summed E-state index contributed by atoms with van der Waals surface area (Å²) in [6.07, 6.45) is 0. The van der Waals surface area contributed by atoms with Gasteiger partial charge in [0.25, 0.3) is 0 Å². The molecule has 1 fully saturated rings. The predicted molar refractivity (Wildman–Crippen MR) is 45.2 cm³/mol. The van der Waals surface area contributed by atoms with E-state index in [1.54, 1.807) is 0 Å². The van der Waals surface area contributed by atoms with Crippen LogP contribution in [0.1, 0.15) is 6.92 Å². The molecule has 1 N–H and O–H groups in total. The van der Waals surface area contributed by atoms with Crippen molar-refractivity contribution in [2.24, 2.45) is 0 Å². The molecule has 0 unspecified atom stereocenters. The third-order valence-electron chi connectivity index (χ3n) is 1.02. The molecule has 4 nitrogen and oxygen atoms in total. The smallest absolute Gasteiger partial charge is 0.0701 e. The van der Waals surface area contributed by atoms with Crippen LogP contribution >= 0.6 is 0 Å². The van der Waals surface area contributed by atoms with Gasteiger partial charge in [-0.15, -0.1) is 0 Å². The second kappa shape index (κ2) is 10.8. The van der Waals surface area contributed by atoms with Crippen molar-refractivity contribution in [1.29, 1.82) is 0 Å². The molecular formula is C8H18O4. The first-order chi connectivity index (χ1) is 5.91. The summed E-state index contributed by atoms with van der Waals surface area (Å²) in [6.45, 7) is 6.36. The molecule has 0 aromatic heterocycles. The fraction of sp³-hybridized carbons (Fsp3) is 1.00. The van der Waals surface area contributed by atoms with E-state index in [1.165, 1.54) is 0 Å². The molecule has 0 radical (unpaired) electrons. The van der Waals surface area contributed by atoms with Gasteiger partial charge < -0.3 is 19.3 Å². The lowest BCUT2D eigenvalue weighted by molar-refractivity contribution is 0.0370. The molecule has 12 heavy (non-hydrogen) atoms. The van der Waals surface area contributed by atoms with Crippen molar-refractivity contribution >= 4 is 0 Å². The van der Waals surface area contributed by atoms with E-state index >= 15 is 0 Å². The Kier molecular flexibility index (Phi) is 10.7. The highest BCUT2D eigenvalue weighted by molar-refractivity contribution is 4.36. The summed E-state index contributed by atoms with van der Waals surface area (Å²) < 4.78 is 14.4. The Bertz CT molecular complexity index is 66.7.